The molecule has 1 aliphatic carbocycles. The molecule has 0 bridgehead atoms. The maximum absolute atomic E-state index is 12.6. The summed E-state index contributed by atoms with van der Waals surface area (Å²) in [5.41, 5.74) is 1.41. The number of hydrogen-bond acceptors (Lipinski definition) is 4. The molecule has 0 atom stereocenters. The summed E-state index contributed by atoms with van der Waals surface area (Å²) in [4.78, 5) is 24.7. The minimum atomic E-state index is -0.337. The van der Waals surface area contributed by atoms with Crippen molar-refractivity contribution in [3.63, 3.8) is 0 Å². The van der Waals surface area contributed by atoms with Crippen molar-refractivity contribution in [1.82, 2.24) is 5.32 Å². The molecule has 1 saturated carbocycles. The molecule has 25 heavy (non-hydrogen) atoms. The van der Waals surface area contributed by atoms with Crippen LogP contribution in [0.2, 0.25) is 0 Å². The van der Waals surface area contributed by atoms with Gasteiger partial charge in [-0.2, -0.15) is 0 Å². The number of benzene rings is 2. The summed E-state index contributed by atoms with van der Waals surface area (Å²) >= 11 is 0. The Hall–Kier alpha value is -3.02. The van der Waals surface area contributed by atoms with Crippen molar-refractivity contribution in [3.8, 4) is 11.5 Å². The van der Waals surface area contributed by atoms with Crippen LogP contribution < -0.4 is 20.1 Å². The van der Waals surface area contributed by atoms with Crippen LogP contribution in [-0.2, 0) is 0 Å². The van der Waals surface area contributed by atoms with Gasteiger partial charge in [0, 0.05) is 17.3 Å². The normalized spacial score (nSPS) is 13.0. The van der Waals surface area contributed by atoms with E-state index in [1.165, 1.54) is 14.2 Å². The highest BCUT2D eigenvalue weighted by Crippen LogP contribution is 2.25. The molecule has 0 aromatic heterocycles. The van der Waals surface area contributed by atoms with Gasteiger partial charge in [0.1, 0.15) is 11.5 Å². The van der Waals surface area contributed by atoms with Crippen LogP contribution in [0.1, 0.15) is 33.6 Å². The number of ether oxygens (including phenoxy) is 2. The molecule has 0 unspecified atom stereocenters. The Kier molecular flexibility index (Phi) is 4.88. The summed E-state index contributed by atoms with van der Waals surface area (Å²) in [5, 5.41) is 5.72. The number of anilines is 1. The van der Waals surface area contributed by atoms with Crippen molar-refractivity contribution in [1.29, 1.82) is 0 Å². The average Bonchev–Trinajstić information content (AvgIpc) is 3.45. The van der Waals surface area contributed by atoms with Crippen molar-refractivity contribution >= 4 is 17.5 Å². The molecule has 3 rings (SSSR count). The van der Waals surface area contributed by atoms with E-state index in [1.807, 2.05) is 0 Å². The molecule has 2 N–H and O–H groups in total. The van der Waals surface area contributed by atoms with Crippen molar-refractivity contribution in [2.75, 3.05) is 19.5 Å². The number of methoxy groups -OCH3 is 2. The van der Waals surface area contributed by atoms with Gasteiger partial charge in [-0.15, -0.1) is 0 Å². The van der Waals surface area contributed by atoms with E-state index in [0.717, 1.165) is 12.8 Å². The molecule has 0 spiro atoms. The second-order valence-electron chi connectivity index (χ2n) is 5.85. The number of amides is 2. The molecular formula is C19H20N2O4. The molecular weight excluding hydrogens is 320 g/mol. The Morgan fingerprint density at radius 2 is 1.80 bits per heavy atom. The van der Waals surface area contributed by atoms with Gasteiger partial charge in [0.05, 0.1) is 19.8 Å². The van der Waals surface area contributed by atoms with E-state index in [1.54, 1.807) is 42.5 Å². The number of nitrogens with one attached hydrogen (secondary N) is 2. The van der Waals surface area contributed by atoms with Gasteiger partial charge < -0.3 is 20.1 Å². The number of rotatable bonds is 6. The van der Waals surface area contributed by atoms with Crippen molar-refractivity contribution in [2.45, 2.75) is 18.9 Å². The second kappa shape index (κ2) is 7.25. The lowest BCUT2D eigenvalue weighted by Gasteiger charge is -2.11. The zero-order valence-corrected chi connectivity index (χ0v) is 14.2. The van der Waals surface area contributed by atoms with Crippen LogP contribution in [0, 0.1) is 0 Å². The summed E-state index contributed by atoms with van der Waals surface area (Å²) in [6.45, 7) is 0. The van der Waals surface area contributed by atoms with Gasteiger partial charge in [-0.25, -0.2) is 0 Å². The summed E-state index contributed by atoms with van der Waals surface area (Å²) in [6, 6.07) is 12.1. The van der Waals surface area contributed by atoms with E-state index < -0.39 is 0 Å². The summed E-state index contributed by atoms with van der Waals surface area (Å²) in [7, 11) is 3.03. The maximum atomic E-state index is 12.6. The van der Waals surface area contributed by atoms with E-state index in [0.29, 0.717) is 28.3 Å². The van der Waals surface area contributed by atoms with Gasteiger partial charge in [-0.05, 0) is 49.2 Å². The molecule has 2 aromatic carbocycles. The zero-order valence-electron chi connectivity index (χ0n) is 14.2. The van der Waals surface area contributed by atoms with Crippen LogP contribution in [0.15, 0.2) is 42.5 Å². The molecule has 6 nitrogen and oxygen atoms in total. The highest BCUT2D eigenvalue weighted by Gasteiger charge is 2.24. The average molecular weight is 340 g/mol. The summed E-state index contributed by atoms with van der Waals surface area (Å²) in [5.74, 6) is 0.539. The predicted octanol–water partition coefficient (Wildman–Crippen LogP) is 2.85. The monoisotopic (exact) mass is 340 g/mol. The van der Waals surface area contributed by atoms with E-state index in [-0.39, 0.29) is 17.9 Å². The Balaban J connectivity index is 1.77. The lowest BCUT2D eigenvalue weighted by molar-refractivity contribution is 0.0949. The minimum Gasteiger partial charge on any atom is -0.497 e. The predicted molar refractivity (Wildman–Crippen MR) is 94.4 cm³/mol. The van der Waals surface area contributed by atoms with E-state index in [9.17, 15) is 9.59 Å². The smallest absolute Gasteiger partial charge is 0.259 e. The Bertz CT molecular complexity index is 800. The van der Waals surface area contributed by atoms with Crippen LogP contribution in [0.25, 0.3) is 0 Å². The van der Waals surface area contributed by atoms with Crippen molar-refractivity contribution < 1.29 is 19.1 Å². The molecule has 1 fully saturated rings. The molecule has 2 aromatic rings. The van der Waals surface area contributed by atoms with Crippen LogP contribution in [-0.4, -0.2) is 32.1 Å². The minimum absolute atomic E-state index is 0.127. The second-order valence-corrected chi connectivity index (χ2v) is 5.85. The Labute approximate surface area is 146 Å². The van der Waals surface area contributed by atoms with Crippen LogP contribution in [0.3, 0.4) is 0 Å². The summed E-state index contributed by atoms with van der Waals surface area (Å²) < 4.78 is 10.4. The van der Waals surface area contributed by atoms with Gasteiger partial charge >= 0.3 is 0 Å². The molecule has 130 valence electrons. The Morgan fingerprint density at radius 3 is 2.48 bits per heavy atom. The quantitative estimate of drug-likeness (QED) is 0.848. The fourth-order valence-electron chi connectivity index (χ4n) is 2.42. The topological polar surface area (TPSA) is 76.7 Å². The first kappa shape index (κ1) is 16.8. The lowest BCUT2D eigenvalue weighted by Crippen LogP contribution is -2.25. The lowest BCUT2D eigenvalue weighted by atomic mass is 10.1. The standard InChI is InChI=1S/C19H20N2O4/c1-24-15-8-9-17(25-2)16(11-15)19(23)21-14-5-3-4-12(10-14)18(22)20-13-6-7-13/h3-5,8-11,13H,6-7H2,1-2H3,(H,20,22)(H,21,23). The molecule has 0 saturated heterocycles. The van der Waals surface area contributed by atoms with Gasteiger partial charge in [0.25, 0.3) is 11.8 Å². The number of carbonyl (C=O) groups is 2. The van der Waals surface area contributed by atoms with Gasteiger partial charge in [0.2, 0.25) is 0 Å². The first-order valence-corrected chi connectivity index (χ1v) is 8.05. The zero-order chi connectivity index (χ0) is 17.8. The van der Waals surface area contributed by atoms with Gasteiger partial charge in [-0.1, -0.05) is 6.07 Å². The SMILES string of the molecule is COc1ccc(OC)c(C(=O)Nc2cccc(C(=O)NC3CC3)c2)c1. The number of carbonyl (C=O) groups excluding carboxylic acids is 2. The van der Waals surface area contributed by atoms with Crippen LogP contribution in [0.5, 0.6) is 11.5 Å². The van der Waals surface area contributed by atoms with Crippen LogP contribution >= 0.6 is 0 Å². The third-order valence-electron chi connectivity index (χ3n) is 3.95. The third kappa shape index (κ3) is 4.09. The molecule has 1 aliphatic rings. The first-order chi connectivity index (χ1) is 12.1. The van der Waals surface area contributed by atoms with Gasteiger partial charge in [0.15, 0.2) is 0 Å². The van der Waals surface area contributed by atoms with E-state index in [2.05, 4.69) is 10.6 Å². The van der Waals surface area contributed by atoms with Crippen LogP contribution in [0.4, 0.5) is 5.69 Å². The van der Waals surface area contributed by atoms with E-state index in [4.69, 9.17) is 9.47 Å². The Morgan fingerprint density at radius 1 is 1.00 bits per heavy atom. The fourth-order valence-corrected chi connectivity index (χ4v) is 2.42. The summed E-state index contributed by atoms with van der Waals surface area (Å²) in [6.07, 6.45) is 2.05. The van der Waals surface area contributed by atoms with E-state index >= 15 is 0 Å². The largest absolute Gasteiger partial charge is 0.497 e. The third-order valence-corrected chi connectivity index (χ3v) is 3.95. The van der Waals surface area contributed by atoms with Crippen molar-refractivity contribution in [2.24, 2.45) is 0 Å². The van der Waals surface area contributed by atoms with Crippen molar-refractivity contribution in [3.05, 3.63) is 53.6 Å². The molecule has 6 heteroatoms. The molecule has 0 heterocycles. The molecule has 2 amide bonds. The molecule has 0 aliphatic heterocycles. The first-order valence-electron chi connectivity index (χ1n) is 8.05. The highest BCUT2D eigenvalue weighted by atomic mass is 16.5. The fraction of sp³-hybridized carbons (Fsp3) is 0.263. The molecule has 0 radical (unpaired) electrons. The number of hydrogen-bond donors (Lipinski definition) is 2. The van der Waals surface area contributed by atoms with Gasteiger partial charge in [-0.3, -0.25) is 9.59 Å². The highest BCUT2D eigenvalue weighted by molar-refractivity contribution is 6.07. The maximum Gasteiger partial charge on any atom is 0.259 e.